The average Bonchev–Trinajstić information content (AvgIpc) is 2.97. The first-order valence-electron chi connectivity index (χ1n) is 12.2. The molecule has 1 aromatic rings. The van der Waals surface area contributed by atoms with Crippen LogP contribution in [0.15, 0.2) is 30.3 Å². The maximum absolute atomic E-state index is 13.3. The fourth-order valence-electron chi connectivity index (χ4n) is 5.58. The van der Waals surface area contributed by atoms with Gasteiger partial charge in [-0.3, -0.25) is 9.59 Å². The molecule has 0 aromatic heterocycles. The minimum Gasteiger partial charge on any atom is -0.391 e. The van der Waals surface area contributed by atoms with Crippen LogP contribution >= 0.6 is 0 Å². The third-order valence-electron chi connectivity index (χ3n) is 7.80. The summed E-state index contributed by atoms with van der Waals surface area (Å²) in [5.74, 6) is 0.178. The number of carbonyl (C=O) groups excluding carboxylic acids is 2. The average molecular weight is 444 g/mol. The number of nitrogens with one attached hydrogen (secondary N) is 1. The number of rotatable bonds is 6. The number of nitrogens with zero attached hydrogens (tertiary/aromatic N) is 2. The Morgan fingerprint density at radius 1 is 1.12 bits per heavy atom. The van der Waals surface area contributed by atoms with E-state index in [4.69, 9.17) is 0 Å². The molecular formula is C26H41N3O3. The van der Waals surface area contributed by atoms with Crippen LogP contribution in [0.4, 0.5) is 0 Å². The lowest BCUT2D eigenvalue weighted by atomic mass is 9.74. The molecule has 0 bridgehead atoms. The van der Waals surface area contributed by atoms with Gasteiger partial charge < -0.3 is 20.2 Å². The number of amides is 2. The van der Waals surface area contributed by atoms with Gasteiger partial charge in [-0.1, -0.05) is 30.3 Å². The van der Waals surface area contributed by atoms with Crippen molar-refractivity contribution in [1.82, 2.24) is 15.1 Å². The highest BCUT2D eigenvalue weighted by Crippen LogP contribution is 2.39. The van der Waals surface area contributed by atoms with Crippen LogP contribution in [0.5, 0.6) is 0 Å². The van der Waals surface area contributed by atoms with Gasteiger partial charge in [0.05, 0.1) is 12.1 Å². The van der Waals surface area contributed by atoms with Gasteiger partial charge in [0.1, 0.15) is 0 Å². The van der Waals surface area contributed by atoms with Crippen molar-refractivity contribution in [2.45, 2.75) is 82.9 Å². The van der Waals surface area contributed by atoms with Gasteiger partial charge in [0.15, 0.2) is 0 Å². The van der Waals surface area contributed by atoms with Crippen molar-refractivity contribution >= 4 is 11.8 Å². The standard InChI is InChI=1S/C26H41N3O3/c1-19(2)29-16-12-21(13-17-29)25(32)28(4)23-10-14-26(15-11-24(23)31,18-27-20(3)30)22-8-6-5-7-9-22/h5-9,19,21,23-24,31H,10-18H2,1-4H3,(H,27,30)/t23-,24-,26-/m1/s1. The van der Waals surface area contributed by atoms with E-state index in [-0.39, 0.29) is 29.2 Å². The Balaban J connectivity index is 1.71. The summed E-state index contributed by atoms with van der Waals surface area (Å²) in [5.41, 5.74) is 0.964. The highest BCUT2D eigenvalue weighted by molar-refractivity contribution is 5.79. The van der Waals surface area contributed by atoms with Crippen molar-refractivity contribution in [2.24, 2.45) is 5.92 Å². The highest BCUT2D eigenvalue weighted by atomic mass is 16.3. The molecule has 1 aliphatic carbocycles. The fourth-order valence-corrected chi connectivity index (χ4v) is 5.58. The van der Waals surface area contributed by atoms with Gasteiger partial charge in [-0.2, -0.15) is 0 Å². The molecule has 2 N–H and O–H groups in total. The minimum absolute atomic E-state index is 0.0401. The van der Waals surface area contributed by atoms with Crippen LogP contribution in [0.1, 0.15) is 64.9 Å². The largest absolute Gasteiger partial charge is 0.391 e. The van der Waals surface area contributed by atoms with Crippen LogP contribution in [-0.2, 0) is 15.0 Å². The van der Waals surface area contributed by atoms with Crippen LogP contribution < -0.4 is 5.32 Å². The number of aliphatic hydroxyl groups is 1. The zero-order chi connectivity index (χ0) is 23.3. The third kappa shape index (κ3) is 5.70. The van der Waals surface area contributed by atoms with E-state index in [1.165, 1.54) is 5.56 Å². The Hall–Kier alpha value is -1.92. The second kappa shape index (κ2) is 10.8. The van der Waals surface area contributed by atoms with E-state index in [9.17, 15) is 14.7 Å². The van der Waals surface area contributed by atoms with E-state index in [1.807, 2.05) is 30.1 Å². The molecule has 0 spiro atoms. The van der Waals surface area contributed by atoms with Crippen molar-refractivity contribution in [3.8, 4) is 0 Å². The minimum atomic E-state index is -0.553. The number of benzene rings is 1. The number of carbonyl (C=O) groups is 2. The van der Waals surface area contributed by atoms with Gasteiger partial charge >= 0.3 is 0 Å². The highest BCUT2D eigenvalue weighted by Gasteiger charge is 2.41. The quantitative estimate of drug-likeness (QED) is 0.663. The first-order valence-corrected chi connectivity index (χ1v) is 12.2. The molecule has 3 atom stereocenters. The Labute approximate surface area is 193 Å². The molecule has 1 saturated heterocycles. The lowest BCUT2D eigenvalue weighted by Crippen LogP contribution is -2.49. The molecule has 0 unspecified atom stereocenters. The van der Waals surface area contributed by atoms with Crippen LogP contribution in [0.25, 0.3) is 0 Å². The van der Waals surface area contributed by atoms with E-state index < -0.39 is 6.10 Å². The smallest absolute Gasteiger partial charge is 0.225 e. The van der Waals surface area contributed by atoms with Gasteiger partial charge in [-0.25, -0.2) is 0 Å². The molecule has 2 amide bonds. The summed E-state index contributed by atoms with van der Waals surface area (Å²) < 4.78 is 0. The van der Waals surface area contributed by atoms with E-state index >= 15 is 0 Å². The summed E-state index contributed by atoms with van der Waals surface area (Å²) in [6.07, 6.45) is 4.17. The Kier molecular flexibility index (Phi) is 8.34. The molecular weight excluding hydrogens is 402 g/mol. The van der Waals surface area contributed by atoms with Gasteiger partial charge in [-0.05, 0) is 71.0 Å². The predicted molar refractivity (Wildman–Crippen MR) is 127 cm³/mol. The monoisotopic (exact) mass is 443 g/mol. The first kappa shape index (κ1) is 24.7. The Bertz CT molecular complexity index is 761. The van der Waals surface area contributed by atoms with Gasteiger partial charge in [0, 0.05) is 37.9 Å². The summed E-state index contributed by atoms with van der Waals surface area (Å²) in [7, 11) is 1.87. The summed E-state index contributed by atoms with van der Waals surface area (Å²) >= 11 is 0. The van der Waals surface area contributed by atoms with Crippen molar-refractivity contribution in [1.29, 1.82) is 0 Å². The zero-order valence-corrected chi connectivity index (χ0v) is 20.2. The molecule has 2 fully saturated rings. The van der Waals surface area contributed by atoms with Gasteiger partial charge in [-0.15, -0.1) is 0 Å². The van der Waals surface area contributed by atoms with Crippen molar-refractivity contribution < 1.29 is 14.7 Å². The first-order chi connectivity index (χ1) is 15.2. The molecule has 1 saturated carbocycles. The lowest BCUT2D eigenvalue weighted by Gasteiger charge is -2.38. The number of likely N-dealkylation sites (tertiary alicyclic amines) is 1. The van der Waals surface area contributed by atoms with E-state index in [2.05, 4.69) is 36.2 Å². The van der Waals surface area contributed by atoms with Crippen LogP contribution in [-0.4, -0.2) is 71.6 Å². The molecule has 178 valence electrons. The number of hydrogen-bond donors (Lipinski definition) is 2. The number of aliphatic hydroxyl groups excluding tert-OH is 1. The summed E-state index contributed by atoms with van der Waals surface area (Å²) in [5, 5.41) is 14.1. The van der Waals surface area contributed by atoms with E-state index in [0.29, 0.717) is 19.0 Å². The Morgan fingerprint density at radius 3 is 2.34 bits per heavy atom. The molecule has 1 aromatic carbocycles. The van der Waals surface area contributed by atoms with Crippen LogP contribution in [0, 0.1) is 5.92 Å². The van der Waals surface area contributed by atoms with E-state index in [1.54, 1.807) is 6.92 Å². The van der Waals surface area contributed by atoms with E-state index in [0.717, 1.165) is 45.2 Å². The van der Waals surface area contributed by atoms with Gasteiger partial charge in [0.25, 0.3) is 0 Å². The number of piperidine rings is 1. The summed E-state index contributed by atoms with van der Waals surface area (Å²) in [6.45, 7) is 8.43. The van der Waals surface area contributed by atoms with Crippen molar-refractivity contribution in [2.75, 3.05) is 26.7 Å². The number of likely N-dealkylation sites (N-methyl/N-ethyl adjacent to an activating group) is 1. The van der Waals surface area contributed by atoms with Crippen molar-refractivity contribution in [3.05, 3.63) is 35.9 Å². The molecule has 1 heterocycles. The SMILES string of the molecule is CC(=O)NC[C@]1(c2ccccc2)CC[C@@H](O)[C@H](N(C)C(=O)C2CCN(C(C)C)CC2)CC1. The third-order valence-corrected chi connectivity index (χ3v) is 7.80. The molecule has 2 aliphatic rings. The predicted octanol–water partition coefficient (Wildman–Crippen LogP) is 2.94. The van der Waals surface area contributed by atoms with Gasteiger partial charge in [0.2, 0.25) is 11.8 Å². The Morgan fingerprint density at radius 2 is 1.75 bits per heavy atom. The normalized spacial score (nSPS) is 27.7. The molecule has 3 rings (SSSR count). The maximum atomic E-state index is 13.3. The maximum Gasteiger partial charge on any atom is 0.225 e. The second-order valence-corrected chi connectivity index (χ2v) is 10.1. The lowest BCUT2D eigenvalue weighted by molar-refractivity contribution is -0.140. The fraction of sp³-hybridized carbons (Fsp3) is 0.692. The topological polar surface area (TPSA) is 72.9 Å². The molecule has 0 radical (unpaired) electrons. The van der Waals surface area contributed by atoms with Crippen molar-refractivity contribution in [3.63, 3.8) is 0 Å². The molecule has 6 heteroatoms. The van der Waals surface area contributed by atoms with Crippen LogP contribution in [0.3, 0.4) is 0 Å². The molecule has 1 aliphatic heterocycles. The second-order valence-electron chi connectivity index (χ2n) is 10.1. The number of hydrogen-bond acceptors (Lipinski definition) is 4. The zero-order valence-electron chi connectivity index (χ0n) is 20.2. The summed E-state index contributed by atoms with van der Waals surface area (Å²) in [4.78, 5) is 29.3. The molecule has 6 nitrogen and oxygen atoms in total. The summed E-state index contributed by atoms with van der Waals surface area (Å²) in [6, 6.07) is 10.6. The molecule has 32 heavy (non-hydrogen) atoms. The van der Waals surface area contributed by atoms with Crippen LogP contribution in [0.2, 0.25) is 0 Å².